The van der Waals surface area contributed by atoms with Crippen LogP contribution in [-0.4, -0.2) is 31.4 Å². The number of fused-ring (bicyclic) bond motifs is 2. The van der Waals surface area contributed by atoms with E-state index in [0.29, 0.717) is 0 Å². The molecular formula is C25H36N4OS. The minimum atomic E-state index is 0.250. The van der Waals surface area contributed by atoms with Crippen LogP contribution >= 0.6 is 11.9 Å². The Bertz CT molecular complexity index is 815. The van der Waals surface area contributed by atoms with E-state index in [1.807, 2.05) is 0 Å². The number of likely N-dealkylation sites (tertiary alicyclic amines) is 1. The number of anilines is 1. The second kappa shape index (κ2) is 12.1. The maximum atomic E-state index is 8.58. The second-order valence-corrected chi connectivity index (χ2v) is 9.07. The number of nitrogens with two attached hydrogens (primary N) is 2. The second-order valence-electron chi connectivity index (χ2n) is 8.37. The fourth-order valence-electron chi connectivity index (χ4n) is 4.99. The highest BCUT2D eigenvalue weighted by atomic mass is 32.2. The van der Waals surface area contributed by atoms with Crippen LogP contribution in [0.5, 0.6) is 0 Å². The molecular weight excluding hydrogens is 404 g/mol. The van der Waals surface area contributed by atoms with Crippen LogP contribution in [-0.2, 0) is 37.0 Å². The van der Waals surface area contributed by atoms with Crippen molar-refractivity contribution in [1.82, 2.24) is 4.90 Å². The molecule has 6 heteroatoms. The molecule has 1 fully saturated rings. The summed E-state index contributed by atoms with van der Waals surface area (Å²) in [5.41, 5.74) is 13.5. The molecule has 2 aromatic carbocycles. The zero-order chi connectivity index (χ0) is 22.1. The largest absolute Gasteiger partial charge is 0.388 e. The first-order valence-corrected chi connectivity index (χ1v) is 12.3. The van der Waals surface area contributed by atoms with E-state index in [1.54, 1.807) is 22.3 Å². The molecule has 2 aliphatic carbocycles. The van der Waals surface area contributed by atoms with Gasteiger partial charge >= 0.3 is 0 Å². The summed E-state index contributed by atoms with van der Waals surface area (Å²) in [6, 6.07) is 11.0. The van der Waals surface area contributed by atoms with Crippen LogP contribution < -0.4 is 16.2 Å². The number of hydrogen-bond acceptors (Lipinski definition) is 5. The van der Waals surface area contributed by atoms with E-state index in [4.69, 9.17) is 9.93 Å². The van der Waals surface area contributed by atoms with Gasteiger partial charge in [-0.25, -0.2) is 0 Å². The quantitative estimate of drug-likeness (QED) is 0.493. The van der Waals surface area contributed by atoms with Gasteiger partial charge in [0, 0.05) is 24.2 Å². The van der Waals surface area contributed by atoms with Crippen LogP contribution in [0, 0.1) is 0 Å². The monoisotopic (exact) mass is 440 g/mol. The average Bonchev–Trinajstić information content (AvgIpc) is 3.55. The molecule has 3 aliphatic rings. The lowest BCUT2D eigenvalue weighted by molar-refractivity contribution is -0.106. The topological polar surface area (TPSA) is 84.4 Å². The lowest BCUT2D eigenvalue weighted by Gasteiger charge is -2.14. The molecule has 0 bridgehead atoms. The minimum absolute atomic E-state index is 0.250. The average molecular weight is 441 g/mol. The number of nitrogens with zero attached hydrogens (tertiary/aromatic N) is 1. The number of rotatable bonds is 4. The Kier molecular flexibility index (Phi) is 9.25. The first-order chi connectivity index (χ1) is 15.2. The predicted molar refractivity (Wildman–Crippen MR) is 131 cm³/mol. The third-order valence-corrected chi connectivity index (χ3v) is 6.93. The highest BCUT2D eigenvalue weighted by molar-refractivity contribution is 7.97. The third-order valence-electron chi connectivity index (χ3n) is 6.39. The molecule has 1 aliphatic heterocycles. The Morgan fingerprint density at radius 2 is 1.52 bits per heavy atom. The van der Waals surface area contributed by atoms with E-state index in [-0.39, 0.29) is 6.41 Å². The molecule has 0 spiro atoms. The highest BCUT2D eigenvalue weighted by Crippen LogP contribution is 2.38. The molecule has 0 saturated carbocycles. The van der Waals surface area contributed by atoms with Gasteiger partial charge in [0.05, 0.1) is 0 Å². The van der Waals surface area contributed by atoms with Crippen molar-refractivity contribution in [3.63, 3.8) is 0 Å². The van der Waals surface area contributed by atoms with Crippen molar-refractivity contribution in [1.29, 1.82) is 0 Å². The maximum Gasteiger partial charge on any atom is 0.204 e. The van der Waals surface area contributed by atoms with Gasteiger partial charge in [-0.2, -0.15) is 0 Å². The lowest BCUT2D eigenvalue weighted by atomic mass is 9.99. The van der Waals surface area contributed by atoms with Gasteiger partial charge in [-0.15, -0.1) is 0 Å². The maximum absolute atomic E-state index is 8.58. The van der Waals surface area contributed by atoms with Crippen LogP contribution in [0.25, 0.3) is 0 Å². The van der Waals surface area contributed by atoms with E-state index < -0.39 is 0 Å². The number of primary amides is 1. The van der Waals surface area contributed by atoms with Gasteiger partial charge in [-0.1, -0.05) is 18.2 Å². The Hall–Kier alpha value is -2.02. The smallest absolute Gasteiger partial charge is 0.204 e. The van der Waals surface area contributed by atoms with Gasteiger partial charge in [0.1, 0.15) is 0 Å². The Morgan fingerprint density at radius 1 is 0.968 bits per heavy atom. The molecule has 5 rings (SSSR count). The van der Waals surface area contributed by atoms with Gasteiger partial charge < -0.3 is 11.1 Å². The molecule has 1 heterocycles. The van der Waals surface area contributed by atoms with Gasteiger partial charge in [-0.3, -0.25) is 14.8 Å². The summed E-state index contributed by atoms with van der Waals surface area (Å²) >= 11 is 1.31. The van der Waals surface area contributed by atoms with Gasteiger partial charge in [0.15, 0.2) is 0 Å². The summed E-state index contributed by atoms with van der Waals surface area (Å²) in [5, 5.41) is 8.90. The van der Waals surface area contributed by atoms with E-state index in [0.717, 1.165) is 11.4 Å². The number of carbonyl (C=O) groups excluding carboxylic acids is 1. The molecule has 1 saturated heterocycles. The fourth-order valence-corrected chi connectivity index (χ4v) is 5.28. The van der Waals surface area contributed by atoms with Crippen molar-refractivity contribution in [2.75, 3.05) is 25.5 Å². The number of aryl methyl sites for hydroxylation is 2. The van der Waals surface area contributed by atoms with Crippen LogP contribution in [0.3, 0.4) is 0 Å². The summed E-state index contributed by atoms with van der Waals surface area (Å²) in [4.78, 5) is 12.2. The third kappa shape index (κ3) is 6.25. The number of amides is 1. The molecule has 5 nitrogen and oxygen atoms in total. The number of carbonyl (C=O) groups is 1. The van der Waals surface area contributed by atoms with Crippen LogP contribution in [0.4, 0.5) is 5.69 Å². The van der Waals surface area contributed by atoms with Gasteiger partial charge in [0.25, 0.3) is 0 Å². The molecule has 168 valence electrons. The zero-order valence-corrected chi connectivity index (χ0v) is 19.5. The van der Waals surface area contributed by atoms with Crippen molar-refractivity contribution in [3.05, 3.63) is 58.1 Å². The lowest BCUT2D eigenvalue weighted by Crippen LogP contribution is -2.18. The van der Waals surface area contributed by atoms with Crippen LogP contribution in [0.1, 0.15) is 53.5 Å². The molecule has 5 N–H and O–H groups in total. The predicted octanol–water partition coefficient (Wildman–Crippen LogP) is 4.06. The fraction of sp³-hybridized carbons (Fsp3) is 0.480. The first kappa shape index (κ1) is 23.6. The minimum Gasteiger partial charge on any atom is -0.388 e. The first-order valence-electron chi connectivity index (χ1n) is 11.4. The summed E-state index contributed by atoms with van der Waals surface area (Å²) in [7, 11) is 2.08. The Labute approximate surface area is 191 Å². The Balaban J connectivity index is 0.000000156. The molecule has 0 unspecified atom stereocenters. The van der Waals surface area contributed by atoms with Crippen molar-refractivity contribution < 1.29 is 4.79 Å². The molecule has 0 radical (unpaired) electrons. The van der Waals surface area contributed by atoms with Crippen LogP contribution in [0.2, 0.25) is 0 Å². The number of nitrogens with one attached hydrogen (secondary N) is 1. The van der Waals surface area contributed by atoms with Crippen molar-refractivity contribution in [2.45, 2.75) is 62.8 Å². The molecule has 2 aromatic rings. The van der Waals surface area contributed by atoms with Crippen molar-refractivity contribution in [3.8, 4) is 0 Å². The Morgan fingerprint density at radius 3 is 2.00 bits per heavy atom. The van der Waals surface area contributed by atoms with Gasteiger partial charge in [0.2, 0.25) is 6.41 Å². The molecule has 1 amide bonds. The summed E-state index contributed by atoms with van der Waals surface area (Å²) in [6.45, 7) is 3.61. The van der Waals surface area contributed by atoms with E-state index in [1.165, 1.54) is 87.7 Å². The normalized spacial score (nSPS) is 16.5. The standard InChI is InChI=1S/C13H17N.C11H16N2S.CH3NO/c1-14-13-11-6-2-4-9(11)8-10-5-3-7-12(10)13;12-14-11-5-3-10(4-6-11)9-13-7-1-2-8-13;2-1-3/h8,14H,2-7H2,1H3;3-6H,1-2,7-9,12H2;1H,(H2,2,3). The summed E-state index contributed by atoms with van der Waals surface area (Å²) < 4.78 is 0. The van der Waals surface area contributed by atoms with E-state index in [9.17, 15) is 0 Å². The molecule has 0 atom stereocenters. The zero-order valence-electron chi connectivity index (χ0n) is 18.7. The SMILES string of the molecule is CNc1c2c(cc3c1CCC3)CCC2.NC=O.NSc1ccc(CN2CCCC2)cc1. The van der Waals surface area contributed by atoms with Crippen LogP contribution in [0.15, 0.2) is 35.2 Å². The van der Waals surface area contributed by atoms with E-state index in [2.05, 4.69) is 53.3 Å². The summed E-state index contributed by atoms with van der Waals surface area (Å²) in [5.74, 6) is 0. The van der Waals surface area contributed by atoms with E-state index >= 15 is 0 Å². The van der Waals surface area contributed by atoms with Gasteiger partial charge in [-0.05, 0) is 116 Å². The van der Waals surface area contributed by atoms with Crippen molar-refractivity contribution >= 4 is 24.0 Å². The molecule has 31 heavy (non-hydrogen) atoms. The highest BCUT2D eigenvalue weighted by Gasteiger charge is 2.22. The number of benzene rings is 2. The van der Waals surface area contributed by atoms with Crippen molar-refractivity contribution in [2.24, 2.45) is 10.9 Å². The number of hydrogen-bond donors (Lipinski definition) is 3. The summed E-state index contributed by atoms with van der Waals surface area (Å²) in [6.07, 6.45) is 10.9. The molecule has 0 aromatic heterocycles.